The number of carbonyl (C=O) groups is 2. The summed E-state index contributed by atoms with van der Waals surface area (Å²) >= 11 is 1.94. The van der Waals surface area contributed by atoms with Crippen LogP contribution in [-0.2, 0) is 19.1 Å². The van der Waals surface area contributed by atoms with E-state index in [1.807, 2.05) is 28.7 Å². The minimum Gasteiger partial charge on any atom is -0.466 e. The Balaban J connectivity index is 2.43. The fourth-order valence-electron chi connectivity index (χ4n) is 3.43. The van der Waals surface area contributed by atoms with Crippen molar-refractivity contribution >= 4 is 40.2 Å². The van der Waals surface area contributed by atoms with E-state index in [4.69, 9.17) is 15.2 Å². The van der Waals surface area contributed by atoms with Gasteiger partial charge in [-0.25, -0.2) is 14.0 Å². The molecule has 0 radical (unpaired) electrons. The SMILES string of the molecule is COC(=O)C1=C(C(=O)OC)N(c2ccc(I)cc2F)C(N)=C(C#N)C1c1ccccc1. The molecule has 1 aliphatic heterocycles. The van der Waals surface area contributed by atoms with Crippen molar-refractivity contribution in [2.75, 3.05) is 19.1 Å². The fourth-order valence-corrected chi connectivity index (χ4v) is 3.88. The van der Waals surface area contributed by atoms with Crippen LogP contribution in [0.5, 0.6) is 0 Å². The smallest absolute Gasteiger partial charge is 0.355 e. The number of rotatable bonds is 4. The second kappa shape index (κ2) is 9.18. The number of ether oxygens (including phenoxy) is 2. The monoisotopic (exact) mass is 533 g/mol. The minimum absolute atomic E-state index is 0.0304. The zero-order valence-electron chi connectivity index (χ0n) is 16.6. The van der Waals surface area contributed by atoms with Crippen LogP contribution in [0.3, 0.4) is 0 Å². The van der Waals surface area contributed by atoms with Crippen molar-refractivity contribution in [2.24, 2.45) is 5.73 Å². The second-order valence-corrected chi connectivity index (χ2v) is 7.68. The molecule has 0 saturated heterocycles. The zero-order chi connectivity index (χ0) is 22.7. The molecule has 1 aliphatic rings. The average molecular weight is 533 g/mol. The summed E-state index contributed by atoms with van der Waals surface area (Å²) in [5.74, 6) is -3.69. The summed E-state index contributed by atoms with van der Waals surface area (Å²) in [7, 11) is 2.28. The van der Waals surface area contributed by atoms with Gasteiger partial charge in [-0.2, -0.15) is 5.26 Å². The lowest BCUT2D eigenvalue weighted by molar-refractivity contribution is -0.139. The van der Waals surface area contributed by atoms with E-state index in [1.165, 1.54) is 12.1 Å². The second-order valence-electron chi connectivity index (χ2n) is 6.43. The summed E-state index contributed by atoms with van der Waals surface area (Å²) in [6, 6.07) is 14.8. The maximum atomic E-state index is 14.9. The predicted molar refractivity (Wildman–Crippen MR) is 119 cm³/mol. The van der Waals surface area contributed by atoms with Crippen LogP contribution in [0.15, 0.2) is 71.2 Å². The predicted octanol–water partition coefficient (Wildman–Crippen LogP) is 3.33. The highest BCUT2D eigenvalue weighted by Crippen LogP contribution is 2.43. The normalized spacial score (nSPS) is 16.1. The van der Waals surface area contributed by atoms with Crippen molar-refractivity contribution in [3.05, 3.63) is 86.1 Å². The lowest BCUT2D eigenvalue weighted by atomic mass is 9.81. The summed E-state index contributed by atoms with van der Waals surface area (Å²) < 4.78 is 25.4. The van der Waals surface area contributed by atoms with E-state index in [0.717, 1.165) is 19.1 Å². The Morgan fingerprint density at radius 3 is 2.32 bits per heavy atom. The molecule has 0 aromatic heterocycles. The van der Waals surface area contributed by atoms with E-state index in [-0.39, 0.29) is 28.4 Å². The van der Waals surface area contributed by atoms with Crippen LogP contribution < -0.4 is 10.6 Å². The van der Waals surface area contributed by atoms with Gasteiger partial charge in [0.25, 0.3) is 0 Å². The molecule has 0 amide bonds. The van der Waals surface area contributed by atoms with E-state index in [9.17, 15) is 19.2 Å². The highest BCUT2D eigenvalue weighted by molar-refractivity contribution is 14.1. The van der Waals surface area contributed by atoms with Crippen LogP contribution >= 0.6 is 22.6 Å². The molecule has 2 aromatic carbocycles. The summed E-state index contributed by atoms with van der Waals surface area (Å²) in [5, 5.41) is 9.93. The molecule has 7 nitrogen and oxygen atoms in total. The Morgan fingerprint density at radius 1 is 1.13 bits per heavy atom. The van der Waals surface area contributed by atoms with Crippen molar-refractivity contribution in [1.29, 1.82) is 5.26 Å². The molecule has 1 unspecified atom stereocenters. The number of esters is 2. The number of nitrogens with two attached hydrogens (primary N) is 1. The number of nitriles is 1. The Hall–Kier alpha value is -3.39. The molecule has 0 aliphatic carbocycles. The molecule has 2 N–H and O–H groups in total. The first kappa shape index (κ1) is 22.3. The number of hydrogen-bond acceptors (Lipinski definition) is 7. The number of halogens is 2. The van der Waals surface area contributed by atoms with E-state index < -0.39 is 23.7 Å². The van der Waals surface area contributed by atoms with Crippen molar-refractivity contribution in [3.63, 3.8) is 0 Å². The molecule has 1 heterocycles. The zero-order valence-corrected chi connectivity index (χ0v) is 18.7. The van der Waals surface area contributed by atoms with Crippen LogP contribution in [-0.4, -0.2) is 26.2 Å². The molecule has 0 spiro atoms. The third kappa shape index (κ3) is 3.98. The van der Waals surface area contributed by atoms with Gasteiger partial charge >= 0.3 is 11.9 Å². The van der Waals surface area contributed by atoms with Gasteiger partial charge in [-0.3, -0.25) is 4.90 Å². The van der Waals surface area contributed by atoms with Gasteiger partial charge in [0.05, 0.1) is 43.0 Å². The number of carbonyl (C=O) groups excluding carboxylic acids is 2. The molecule has 0 saturated carbocycles. The van der Waals surface area contributed by atoms with E-state index in [0.29, 0.717) is 9.13 Å². The minimum atomic E-state index is -1.00. The van der Waals surface area contributed by atoms with Crippen LogP contribution in [0.4, 0.5) is 10.1 Å². The first-order valence-electron chi connectivity index (χ1n) is 8.96. The van der Waals surface area contributed by atoms with Gasteiger partial charge in [-0.05, 0) is 46.4 Å². The van der Waals surface area contributed by atoms with Crippen molar-refractivity contribution in [2.45, 2.75) is 5.92 Å². The molecule has 3 rings (SSSR count). The van der Waals surface area contributed by atoms with E-state index >= 15 is 0 Å². The average Bonchev–Trinajstić information content (AvgIpc) is 2.78. The fraction of sp³-hybridized carbons (Fsp3) is 0.136. The summed E-state index contributed by atoms with van der Waals surface area (Å²) in [5.41, 5.74) is 6.20. The van der Waals surface area contributed by atoms with Gasteiger partial charge in [0.15, 0.2) is 0 Å². The van der Waals surface area contributed by atoms with Crippen molar-refractivity contribution in [3.8, 4) is 6.07 Å². The number of allylic oxidation sites excluding steroid dienone is 1. The van der Waals surface area contributed by atoms with Crippen LogP contribution in [0.25, 0.3) is 0 Å². The number of nitrogens with zero attached hydrogens (tertiary/aromatic N) is 2. The lowest BCUT2D eigenvalue weighted by Gasteiger charge is -2.36. The largest absolute Gasteiger partial charge is 0.466 e. The van der Waals surface area contributed by atoms with E-state index in [1.54, 1.807) is 36.4 Å². The highest BCUT2D eigenvalue weighted by atomic mass is 127. The molecular weight excluding hydrogens is 516 g/mol. The summed E-state index contributed by atoms with van der Waals surface area (Å²) in [6.07, 6.45) is 0. The Labute approximate surface area is 191 Å². The first-order valence-corrected chi connectivity index (χ1v) is 10.0. The highest BCUT2D eigenvalue weighted by Gasteiger charge is 2.43. The maximum Gasteiger partial charge on any atom is 0.355 e. The van der Waals surface area contributed by atoms with Gasteiger partial charge in [0.2, 0.25) is 0 Å². The van der Waals surface area contributed by atoms with Crippen molar-refractivity contribution in [1.82, 2.24) is 0 Å². The third-order valence-corrected chi connectivity index (χ3v) is 5.43. The topological polar surface area (TPSA) is 106 Å². The van der Waals surface area contributed by atoms with Gasteiger partial charge in [0, 0.05) is 3.57 Å². The van der Waals surface area contributed by atoms with Crippen LogP contribution in [0.2, 0.25) is 0 Å². The third-order valence-electron chi connectivity index (χ3n) is 4.76. The number of hydrogen-bond donors (Lipinski definition) is 1. The molecule has 1 atom stereocenters. The van der Waals surface area contributed by atoms with Crippen LogP contribution in [0, 0.1) is 20.7 Å². The van der Waals surface area contributed by atoms with Crippen molar-refractivity contribution < 1.29 is 23.5 Å². The van der Waals surface area contributed by atoms with Gasteiger partial charge in [-0.1, -0.05) is 30.3 Å². The molecule has 9 heteroatoms. The van der Waals surface area contributed by atoms with Gasteiger partial charge < -0.3 is 15.2 Å². The Kier molecular flexibility index (Phi) is 6.60. The Bertz CT molecular complexity index is 1160. The summed E-state index contributed by atoms with van der Waals surface area (Å²) in [4.78, 5) is 26.8. The Morgan fingerprint density at radius 2 is 1.77 bits per heavy atom. The molecule has 31 heavy (non-hydrogen) atoms. The van der Waals surface area contributed by atoms with Gasteiger partial charge in [0.1, 0.15) is 17.3 Å². The number of methoxy groups -OCH3 is 2. The maximum absolute atomic E-state index is 14.9. The molecule has 0 bridgehead atoms. The molecule has 158 valence electrons. The standard InChI is InChI=1S/C22H17FIN3O4/c1-30-21(28)18-17(12-6-4-3-5-7-12)14(11-25)20(26)27(19(18)22(29)31-2)16-9-8-13(24)10-15(16)23/h3-10,17H,26H2,1-2H3. The number of anilines is 1. The first-order chi connectivity index (χ1) is 14.8. The van der Waals surface area contributed by atoms with Crippen LogP contribution in [0.1, 0.15) is 11.5 Å². The quantitative estimate of drug-likeness (QED) is 0.475. The van der Waals surface area contributed by atoms with E-state index in [2.05, 4.69) is 0 Å². The molecular formula is C22H17FIN3O4. The van der Waals surface area contributed by atoms with Gasteiger partial charge in [-0.15, -0.1) is 0 Å². The summed E-state index contributed by atoms with van der Waals surface area (Å²) in [6.45, 7) is 0. The molecule has 0 fully saturated rings. The lowest BCUT2D eigenvalue weighted by Crippen LogP contribution is -2.41. The number of benzene rings is 2. The molecule has 2 aromatic rings.